The third-order valence-electron chi connectivity index (χ3n) is 3.15. The molecule has 0 radical (unpaired) electrons. The van der Waals surface area contributed by atoms with Gasteiger partial charge >= 0.3 is 0 Å². The van der Waals surface area contributed by atoms with Crippen molar-refractivity contribution in [1.29, 1.82) is 0 Å². The number of piperidine rings is 1. The van der Waals surface area contributed by atoms with E-state index in [-0.39, 0.29) is 11.8 Å². The van der Waals surface area contributed by atoms with Gasteiger partial charge in [-0.1, -0.05) is 6.07 Å². The molecule has 1 aliphatic rings. The van der Waals surface area contributed by atoms with Crippen molar-refractivity contribution in [3.63, 3.8) is 0 Å². The van der Waals surface area contributed by atoms with Crippen LogP contribution in [0.25, 0.3) is 0 Å². The van der Waals surface area contributed by atoms with Gasteiger partial charge in [0, 0.05) is 18.7 Å². The molecule has 1 aliphatic heterocycles. The quantitative estimate of drug-likeness (QED) is 0.525. The molecule has 5 heteroatoms. The van der Waals surface area contributed by atoms with E-state index in [2.05, 4.69) is 4.99 Å². The Morgan fingerprint density at radius 3 is 2.74 bits per heavy atom. The molecule has 1 saturated heterocycles. The fourth-order valence-corrected chi connectivity index (χ4v) is 2.24. The highest BCUT2D eigenvalue weighted by atomic mass is 35.5. The molecule has 0 unspecified atom stereocenters. The summed E-state index contributed by atoms with van der Waals surface area (Å²) in [6.07, 6.45) is 3.38. The number of halogens is 1. The summed E-state index contributed by atoms with van der Waals surface area (Å²) in [6.45, 7) is 1.69. The number of likely N-dealkylation sites (tertiary alicyclic amines) is 1. The number of alkyl halides is 1. The molecule has 1 fully saturated rings. The van der Waals surface area contributed by atoms with E-state index < -0.39 is 0 Å². The third-order valence-corrected chi connectivity index (χ3v) is 3.42. The zero-order chi connectivity index (χ0) is 13.7. The lowest BCUT2D eigenvalue weighted by atomic mass is 10.1. The van der Waals surface area contributed by atoms with E-state index in [4.69, 9.17) is 17.3 Å². The highest BCUT2D eigenvalue weighted by molar-refractivity contribution is 6.28. The number of benzene rings is 1. The number of carbonyl (C=O) groups is 1. The second-order valence-electron chi connectivity index (χ2n) is 4.64. The van der Waals surface area contributed by atoms with Crippen LogP contribution in [0.3, 0.4) is 0 Å². The smallest absolute Gasteiger partial charge is 0.253 e. The Bertz CT molecular complexity index is 481. The molecule has 4 nitrogen and oxygen atoms in total. The molecular weight excluding hydrogens is 262 g/mol. The Balaban J connectivity index is 2.15. The van der Waals surface area contributed by atoms with E-state index in [1.54, 1.807) is 6.07 Å². The highest BCUT2D eigenvalue weighted by Crippen LogP contribution is 2.18. The first-order chi connectivity index (χ1) is 9.20. The molecule has 0 atom stereocenters. The fraction of sp³-hybridized carbons (Fsp3) is 0.429. The average Bonchev–Trinajstić information content (AvgIpc) is 2.47. The summed E-state index contributed by atoms with van der Waals surface area (Å²) in [5.41, 5.74) is 6.92. The summed E-state index contributed by atoms with van der Waals surface area (Å²) < 4.78 is 0. The second kappa shape index (κ2) is 6.57. The molecule has 2 rings (SSSR count). The summed E-state index contributed by atoms with van der Waals surface area (Å²) in [6, 6.07) is 7.20. The summed E-state index contributed by atoms with van der Waals surface area (Å²) in [5, 5.41) is 0. The van der Waals surface area contributed by atoms with Crippen molar-refractivity contribution in [3.8, 4) is 0 Å². The number of hydrogen-bond acceptors (Lipinski definition) is 2. The van der Waals surface area contributed by atoms with Crippen LogP contribution >= 0.6 is 11.6 Å². The predicted molar refractivity (Wildman–Crippen MR) is 78.2 cm³/mol. The fourth-order valence-electron chi connectivity index (χ4n) is 2.18. The summed E-state index contributed by atoms with van der Waals surface area (Å²) >= 11 is 5.60. The van der Waals surface area contributed by atoms with E-state index in [0.29, 0.717) is 17.1 Å². The minimum Gasteiger partial charge on any atom is -0.386 e. The van der Waals surface area contributed by atoms with Gasteiger partial charge in [-0.3, -0.25) is 4.79 Å². The molecule has 0 aliphatic carbocycles. The van der Waals surface area contributed by atoms with Crippen LogP contribution in [0, 0.1) is 0 Å². The number of amidine groups is 1. The normalized spacial score (nSPS) is 16.5. The first-order valence-electron chi connectivity index (χ1n) is 6.49. The SMILES string of the molecule is NC(CCl)=Nc1cccc(C(=O)N2CCCCC2)c1. The first kappa shape index (κ1) is 13.9. The molecule has 0 saturated carbocycles. The monoisotopic (exact) mass is 279 g/mol. The number of nitrogens with zero attached hydrogens (tertiary/aromatic N) is 2. The zero-order valence-corrected chi connectivity index (χ0v) is 11.6. The molecule has 1 heterocycles. The molecule has 1 aromatic carbocycles. The van der Waals surface area contributed by atoms with Crippen molar-refractivity contribution < 1.29 is 4.79 Å². The van der Waals surface area contributed by atoms with Crippen molar-refractivity contribution in [2.45, 2.75) is 19.3 Å². The van der Waals surface area contributed by atoms with Crippen molar-refractivity contribution in [2.75, 3.05) is 19.0 Å². The lowest BCUT2D eigenvalue weighted by Crippen LogP contribution is -2.35. The Hall–Kier alpha value is -1.55. The molecule has 1 amide bonds. The van der Waals surface area contributed by atoms with Crippen LogP contribution in [0.2, 0.25) is 0 Å². The zero-order valence-electron chi connectivity index (χ0n) is 10.8. The number of rotatable bonds is 3. The van der Waals surface area contributed by atoms with Crippen LogP contribution in [0.4, 0.5) is 5.69 Å². The topological polar surface area (TPSA) is 58.7 Å². The van der Waals surface area contributed by atoms with Crippen LogP contribution in [-0.4, -0.2) is 35.6 Å². The Labute approximate surface area is 118 Å². The van der Waals surface area contributed by atoms with Crippen LogP contribution < -0.4 is 5.73 Å². The maximum atomic E-state index is 12.3. The van der Waals surface area contributed by atoms with Gasteiger partial charge in [0.2, 0.25) is 0 Å². The van der Waals surface area contributed by atoms with Gasteiger partial charge in [-0.05, 0) is 37.5 Å². The van der Waals surface area contributed by atoms with Crippen molar-refractivity contribution in [1.82, 2.24) is 4.90 Å². The van der Waals surface area contributed by atoms with Crippen LogP contribution in [0.1, 0.15) is 29.6 Å². The lowest BCUT2D eigenvalue weighted by Gasteiger charge is -2.26. The summed E-state index contributed by atoms with van der Waals surface area (Å²) in [7, 11) is 0. The third kappa shape index (κ3) is 3.70. The largest absolute Gasteiger partial charge is 0.386 e. The number of nitrogens with two attached hydrogens (primary N) is 1. The van der Waals surface area contributed by atoms with Gasteiger partial charge in [-0.15, -0.1) is 11.6 Å². The van der Waals surface area contributed by atoms with Crippen LogP contribution in [0.15, 0.2) is 29.3 Å². The molecule has 1 aromatic rings. The van der Waals surface area contributed by atoms with Gasteiger partial charge in [0.1, 0.15) is 5.84 Å². The number of amides is 1. The molecule has 0 aromatic heterocycles. The van der Waals surface area contributed by atoms with Gasteiger partial charge in [0.15, 0.2) is 0 Å². The van der Waals surface area contributed by atoms with E-state index in [1.165, 1.54) is 6.42 Å². The molecule has 0 spiro atoms. The molecule has 2 N–H and O–H groups in total. The van der Waals surface area contributed by atoms with Gasteiger partial charge < -0.3 is 10.6 Å². The maximum Gasteiger partial charge on any atom is 0.253 e. The molecule has 19 heavy (non-hydrogen) atoms. The van der Waals surface area contributed by atoms with Gasteiger partial charge in [-0.25, -0.2) is 4.99 Å². The minimum atomic E-state index is 0.0706. The maximum absolute atomic E-state index is 12.3. The minimum absolute atomic E-state index is 0.0706. The van der Waals surface area contributed by atoms with Crippen molar-refractivity contribution in [2.24, 2.45) is 10.7 Å². The van der Waals surface area contributed by atoms with Crippen molar-refractivity contribution in [3.05, 3.63) is 29.8 Å². The lowest BCUT2D eigenvalue weighted by molar-refractivity contribution is 0.0724. The summed E-state index contributed by atoms with van der Waals surface area (Å²) in [4.78, 5) is 18.4. The van der Waals surface area contributed by atoms with Crippen molar-refractivity contribution >= 4 is 29.0 Å². The average molecular weight is 280 g/mol. The molecular formula is C14H18ClN3O. The van der Waals surface area contributed by atoms with Gasteiger partial charge in [0.25, 0.3) is 5.91 Å². The Kier molecular flexibility index (Phi) is 4.80. The van der Waals surface area contributed by atoms with E-state index in [0.717, 1.165) is 25.9 Å². The first-order valence-corrected chi connectivity index (χ1v) is 7.02. The Morgan fingerprint density at radius 1 is 1.32 bits per heavy atom. The summed E-state index contributed by atoms with van der Waals surface area (Å²) in [5.74, 6) is 0.607. The number of aliphatic imine (C=N–C) groups is 1. The van der Waals surface area contributed by atoms with Gasteiger partial charge in [0.05, 0.1) is 11.6 Å². The van der Waals surface area contributed by atoms with E-state index >= 15 is 0 Å². The molecule has 102 valence electrons. The molecule has 0 bridgehead atoms. The standard InChI is InChI=1S/C14H18ClN3O/c15-10-13(16)17-12-6-4-5-11(9-12)14(19)18-7-2-1-3-8-18/h4-6,9H,1-3,7-8,10H2,(H2,16,17). The predicted octanol–water partition coefficient (Wildman–Crippen LogP) is 2.54. The highest BCUT2D eigenvalue weighted by Gasteiger charge is 2.18. The number of hydrogen-bond donors (Lipinski definition) is 1. The Morgan fingerprint density at radius 2 is 2.05 bits per heavy atom. The van der Waals surface area contributed by atoms with E-state index in [1.807, 2.05) is 23.1 Å². The number of carbonyl (C=O) groups excluding carboxylic acids is 1. The van der Waals surface area contributed by atoms with Crippen LogP contribution in [0.5, 0.6) is 0 Å². The van der Waals surface area contributed by atoms with Gasteiger partial charge in [-0.2, -0.15) is 0 Å². The van der Waals surface area contributed by atoms with Crippen LogP contribution in [-0.2, 0) is 0 Å². The van der Waals surface area contributed by atoms with E-state index in [9.17, 15) is 4.79 Å². The second-order valence-corrected chi connectivity index (χ2v) is 4.91.